The molecule has 0 saturated heterocycles. The first-order valence-electron chi connectivity index (χ1n) is 7.27. The van der Waals surface area contributed by atoms with E-state index in [1.54, 1.807) is 6.07 Å². The van der Waals surface area contributed by atoms with Crippen LogP contribution in [0.15, 0.2) is 40.9 Å². The molecule has 3 rings (SSSR count). The van der Waals surface area contributed by atoms with Crippen LogP contribution in [0.5, 0.6) is 0 Å². The van der Waals surface area contributed by atoms with Gasteiger partial charge in [0.05, 0.1) is 21.7 Å². The lowest BCUT2D eigenvalue weighted by molar-refractivity contribution is -0.384. The maximum Gasteiger partial charge on any atom is 0.270 e. The van der Waals surface area contributed by atoms with Gasteiger partial charge in [-0.1, -0.05) is 27.3 Å². The summed E-state index contributed by atoms with van der Waals surface area (Å²) in [6.45, 7) is 2.00. The number of rotatable bonds is 5. The molecule has 0 radical (unpaired) electrons. The Balaban J connectivity index is 1.64. The second-order valence-corrected chi connectivity index (χ2v) is 7.18. The second kappa shape index (κ2) is 7.16. The van der Waals surface area contributed by atoms with Crippen molar-refractivity contribution >= 4 is 59.9 Å². The molecule has 0 aliphatic rings. The van der Waals surface area contributed by atoms with Gasteiger partial charge in [0.2, 0.25) is 5.91 Å². The molecule has 25 heavy (non-hydrogen) atoms. The molecule has 0 aliphatic carbocycles. The van der Waals surface area contributed by atoms with Crippen molar-refractivity contribution in [3.63, 3.8) is 0 Å². The standard InChI is InChI=1S/C16H13BrN4O3S/c1-9-6-10(2-4-12(9)17)19-15(22)8-18-16-20-13-5-3-11(21(23)24)7-14(13)25-16/h2-7H,8H2,1H3,(H,18,20)(H,19,22). The summed E-state index contributed by atoms with van der Waals surface area (Å²) < 4.78 is 1.67. The molecule has 3 aromatic rings. The maximum atomic E-state index is 12.0. The van der Waals surface area contributed by atoms with Crippen LogP contribution in [0.1, 0.15) is 5.56 Å². The van der Waals surface area contributed by atoms with Crippen molar-refractivity contribution in [1.29, 1.82) is 0 Å². The van der Waals surface area contributed by atoms with Gasteiger partial charge in [-0.25, -0.2) is 4.98 Å². The number of nitrogens with zero attached hydrogens (tertiary/aromatic N) is 2. The highest BCUT2D eigenvalue weighted by atomic mass is 79.9. The molecule has 7 nitrogen and oxygen atoms in total. The summed E-state index contributed by atoms with van der Waals surface area (Å²) in [4.78, 5) is 26.7. The zero-order valence-corrected chi connectivity index (χ0v) is 15.5. The molecule has 0 aliphatic heterocycles. The zero-order chi connectivity index (χ0) is 18.0. The number of hydrogen-bond acceptors (Lipinski definition) is 6. The third-order valence-electron chi connectivity index (χ3n) is 3.42. The van der Waals surface area contributed by atoms with E-state index in [0.717, 1.165) is 10.0 Å². The molecule has 0 unspecified atom stereocenters. The smallest absolute Gasteiger partial charge is 0.270 e. The number of carbonyl (C=O) groups is 1. The van der Waals surface area contributed by atoms with E-state index in [9.17, 15) is 14.9 Å². The predicted octanol–water partition coefficient (Wildman–Crippen LogP) is 4.33. The minimum absolute atomic E-state index is 0.0195. The minimum Gasteiger partial charge on any atom is -0.352 e. The predicted molar refractivity (Wildman–Crippen MR) is 102 cm³/mol. The number of carbonyl (C=O) groups excluding carboxylic acids is 1. The summed E-state index contributed by atoms with van der Waals surface area (Å²) in [6, 6.07) is 10.0. The van der Waals surface area contributed by atoms with Crippen molar-refractivity contribution in [3.05, 3.63) is 56.5 Å². The number of benzene rings is 2. The lowest BCUT2D eigenvalue weighted by Gasteiger charge is -2.07. The Labute approximate surface area is 155 Å². The van der Waals surface area contributed by atoms with Crippen LogP contribution in [0.2, 0.25) is 0 Å². The second-order valence-electron chi connectivity index (χ2n) is 5.29. The van der Waals surface area contributed by atoms with Crippen molar-refractivity contribution in [2.24, 2.45) is 0 Å². The van der Waals surface area contributed by atoms with Gasteiger partial charge in [-0.2, -0.15) is 0 Å². The Morgan fingerprint density at radius 2 is 2.12 bits per heavy atom. The van der Waals surface area contributed by atoms with Crippen LogP contribution >= 0.6 is 27.3 Å². The number of non-ortho nitro benzene ring substituents is 1. The van der Waals surface area contributed by atoms with E-state index in [1.165, 1.54) is 23.5 Å². The number of fused-ring (bicyclic) bond motifs is 1. The normalized spacial score (nSPS) is 10.6. The van der Waals surface area contributed by atoms with Gasteiger partial charge in [-0.05, 0) is 36.8 Å². The molecule has 1 heterocycles. The lowest BCUT2D eigenvalue weighted by atomic mass is 10.2. The molecule has 0 saturated carbocycles. The minimum atomic E-state index is -0.445. The van der Waals surface area contributed by atoms with Crippen molar-refractivity contribution in [2.45, 2.75) is 6.92 Å². The Morgan fingerprint density at radius 1 is 1.32 bits per heavy atom. The Kier molecular flexibility index (Phi) is 4.95. The first-order chi connectivity index (χ1) is 11.9. The Bertz CT molecular complexity index is 973. The van der Waals surface area contributed by atoms with Crippen molar-refractivity contribution < 1.29 is 9.72 Å². The molecule has 2 aromatic carbocycles. The zero-order valence-electron chi connectivity index (χ0n) is 13.1. The average Bonchev–Trinajstić information content (AvgIpc) is 2.98. The molecule has 2 N–H and O–H groups in total. The summed E-state index contributed by atoms with van der Waals surface area (Å²) in [7, 11) is 0. The van der Waals surface area contributed by atoms with E-state index in [-0.39, 0.29) is 18.1 Å². The van der Waals surface area contributed by atoms with E-state index >= 15 is 0 Å². The van der Waals surface area contributed by atoms with Gasteiger partial charge in [0, 0.05) is 22.3 Å². The molecule has 9 heteroatoms. The van der Waals surface area contributed by atoms with Crippen LogP contribution in [0, 0.1) is 17.0 Å². The SMILES string of the molecule is Cc1cc(NC(=O)CNc2nc3ccc([N+](=O)[O-])cc3s2)ccc1Br. The number of aryl methyl sites for hydroxylation is 1. The highest BCUT2D eigenvalue weighted by Crippen LogP contribution is 2.29. The number of thiazole rings is 1. The fraction of sp³-hybridized carbons (Fsp3) is 0.125. The summed E-state index contributed by atoms with van der Waals surface area (Å²) in [5.41, 5.74) is 2.42. The Morgan fingerprint density at radius 3 is 2.84 bits per heavy atom. The van der Waals surface area contributed by atoms with E-state index < -0.39 is 4.92 Å². The van der Waals surface area contributed by atoms with Crippen molar-refractivity contribution in [2.75, 3.05) is 17.2 Å². The first kappa shape index (κ1) is 17.3. The number of hydrogen-bond donors (Lipinski definition) is 2. The van der Waals surface area contributed by atoms with Crippen LogP contribution < -0.4 is 10.6 Å². The van der Waals surface area contributed by atoms with Gasteiger partial charge >= 0.3 is 0 Å². The molecular weight excluding hydrogens is 408 g/mol. The summed E-state index contributed by atoms with van der Waals surface area (Å²) in [5, 5.41) is 17.1. The fourth-order valence-electron chi connectivity index (χ4n) is 2.19. The van der Waals surface area contributed by atoms with Crippen LogP contribution in [0.25, 0.3) is 10.2 Å². The summed E-state index contributed by atoms with van der Waals surface area (Å²) >= 11 is 4.68. The lowest BCUT2D eigenvalue weighted by Crippen LogP contribution is -2.21. The van der Waals surface area contributed by atoms with Gasteiger partial charge in [0.1, 0.15) is 0 Å². The van der Waals surface area contributed by atoms with Crippen LogP contribution in [-0.4, -0.2) is 22.4 Å². The van der Waals surface area contributed by atoms with Crippen molar-refractivity contribution in [3.8, 4) is 0 Å². The molecule has 0 atom stereocenters. The van der Waals surface area contributed by atoms with E-state index in [1.807, 2.05) is 25.1 Å². The average molecular weight is 421 g/mol. The van der Waals surface area contributed by atoms with E-state index in [2.05, 4.69) is 31.5 Å². The fourth-order valence-corrected chi connectivity index (χ4v) is 3.33. The molecule has 1 aromatic heterocycles. The molecular formula is C16H13BrN4O3S. The molecule has 0 fully saturated rings. The van der Waals surface area contributed by atoms with Crippen LogP contribution in [0.4, 0.5) is 16.5 Å². The largest absolute Gasteiger partial charge is 0.352 e. The molecule has 0 bridgehead atoms. The first-order valence-corrected chi connectivity index (χ1v) is 8.88. The van der Waals surface area contributed by atoms with Gasteiger partial charge < -0.3 is 10.6 Å². The number of nitro groups is 1. The van der Waals surface area contributed by atoms with Gasteiger partial charge in [-0.3, -0.25) is 14.9 Å². The number of nitro benzene ring substituents is 1. The maximum absolute atomic E-state index is 12.0. The third-order valence-corrected chi connectivity index (χ3v) is 5.29. The Hall–Kier alpha value is -2.52. The number of amides is 1. The molecule has 1 amide bonds. The quantitative estimate of drug-likeness (QED) is 0.472. The number of anilines is 2. The van der Waals surface area contributed by atoms with E-state index in [0.29, 0.717) is 21.0 Å². The van der Waals surface area contributed by atoms with Crippen LogP contribution in [-0.2, 0) is 4.79 Å². The van der Waals surface area contributed by atoms with Crippen molar-refractivity contribution in [1.82, 2.24) is 4.98 Å². The molecule has 0 spiro atoms. The number of aromatic nitrogens is 1. The third kappa shape index (κ3) is 4.12. The highest BCUT2D eigenvalue weighted by molar-refractivity contribution is 9.10. The number of halogens is 1. The van der Waals surface area contributed by atoms with Gasteiger partial charge in [0.25, 0.3) is 5.69 Å². The van der Waals surface area contributed by atoms with Gasteiger partial charge in [0.15, 0.2) is 5.13 Å². The summed E-state index contributed by atoms with van der Waals surface area (Å²) in [5.74, 6) is -0.202. The summed E-state index contributed by atoms with van der Waals surface area (Å²) in [6.07, 6.45) is 0. The highest BCUT2D eigenvalue weighted by Gasteiger charge is 2.11. The topological polar surface area (TPSA) is 97.2 Å². The van der Waals surface area contributed by atoms with E-state index in [4.69, 9.17) is 0 Å². The van der Waals surface area contributed by atoms with Gasteiger partial charge in [-0.15, -0.1) is 0 Å². The van der Waals surface area contributed by atoms with Crippen LogP contribution in [0.3, 0.4) is 0 Å². The number of nitrogens with one attached hydrogen (secondary N) is 2. The molecule has 128 valence electrons. The monoisotopic (exact) mass is 420 g/mol.